The van der Waals surface area contributed by atoms with Crippen LogP contribution in [-0.2, 0) is 5.41 Å². The zero-order valence-corrected chi connectivity index (χ0v) is 10.8. The van der Waals surface area contributed by atoms with E-state index in [9.17, 15) is 0 Å². The Morgan fingerprint density at radius 2 is 1.78 bits per heavy atom. The minimum absolute atomic E-state index is 0.193. The number of benzene rings is 1. The third kappa shape index (κ3) is 2.05. The summed E-state index contributed by atoms with van der Waals surface area (Å²) in [5, 5.41) is 7.52. The van der Waals surface area contributed by atoms with E-state index in [0.29, 0.717) is 0 Å². The molecule has 1 aliphatic carbocycles. The molecule has 0 aliphatic heterocycles. The van der Waals surface area contributed by atoms with Crippen molar-refractivity contribution in [2.75, 3.05) is 0 Å². The van der Waals surface area contributed by atoms with Gasteiger partial charge < -0.3 is 0 Å². The number of rotatable bonds is 2. The summed E-state index contributed by atoms with van der Waals surface area (Å²) in [5.41, 5.74) is 1.28. The van der Waals surface area contributed by atoms with Gasteiger partial charge in [0.15, 0.2) is 5.82 Å². The highest BCUT2D eigenvalue weighted by Gasteiger charge is 2.32. The number of nitrogens with one attached hydrogen (secondary N) is 1. The minimum atomic E-state index is 0.193. The molecule has 0 bridgehead atoms. The van der Waals surface area contributed by atoms with Gasteiger partial charge in [-0.25, -0.2) is 4.98 Å². The Balaban J connectivity index is 1.89. The van der Waals surface area contributed by atoms with Gasteiger partial charge in [-0.05, 0) is 12.8 Å². The summed E-state index contributed by atoms with van der Waals surface area (Å²) in [4.78, 5) is 4.71. The van der Waals surface area contributed by atoms with Crippen LogP contribution in [-0.4, -0.2) is 15.2 Å². The molecule has 1 N–H and O–H groups in total. The van der Waals surface area contributed by atoms with Crippen molar-refractivity contribution >= 4 is 0 Å². The molecule has 18 heavy (non-hydrogen) atoms. The van der Waals surface area contributed by atoms with Crippen molar-refractivity contribution < 1.29 is 0 Å². The number of aromatic nitrogens is 3. The molecule has 1 aromatic carbocycles. The Labute approximate surface area is 108 Å². The lowest BCUT2D eigenvalue weighted by atomic mass is 9.75. The fourth-order valence-electron chi connectivity index (χ4n) is 2.82. The van der Waals surface area contributed by atoms with Gasteiger partial charge in [-0.15, -0.1) is 0 Å². The average Bonchev–Trinajstić information content (AvgIpc) is 2.91. The second-order valence-corrected chi connectivity index (χ2v) is 5.49. The summed E-state index contributed by atoms with van der Waals surface area (Å²) in [5.74, 6) is 1.87. The van der Waals surface area contributed by atoms with Crippen LogP contribution in [0.3, 0.4) is 0 Å². The van der Waals surface area contributed by atoms with Crippen LogP contribution in [0.15, 0.2) is 30.3 Å². The molecular formula is C15H19N3. The van der Waals surface area contributed by atoms with Crippen LogP contribution in [0, 0.1) is 0 Å². The number of hydrogen-bond donors (Lipinski definition) is 1. The van der Waals surface area contributed by atoms with Gasteiger partial charge in [-0.1, -0.05) is 56.5 Å². The largest absolute Gasteiger partial charge is 0.262 e. The van der Waals surface area contributed by atoms with Crippen LogP contribution < -0.4 is 0 Å². The smallest absolute Gasteiger partial charge is 0.181 e. The lowest BCUT2D eigenvalue weighted by molar-refractivity contribution is 0.305. The van der Waals surface area contributed by atoms with E-state index in [4.69, 9.17) is 4.98 Å². The summed E-state index contributed by atoms with van der Waals surface area (Å²) in [6.07, 6.45) is 6.40. The van der Waals surface area contributed by atoms with Gasteiger partial charge in [0.05, 0.1) is 0 Å². The maximum atomic E-state index is 4.71. The van der Waals surface area contributed by atoms with Crippen LogP contribution in [0.1, 0.15) is 44.9 Å². The Hall–Kier alpha value is -1.64. The van der Waals surface area contributed by atoms with E-state index >= 15 is 0 Å². The molecule has 1 aliphatic rings. The molecule has 0 radical (unpaired) electrons. The molecular weight excluding hydrogens is 222 g/mol. The first-order chi connectivity index (χ1) is 8.78. The highest BCUT2D eigenvalue weighted by atomic mass is 15.2. The standard InChI is InChI=1S/C15H19N3/c1-15(10-6-3-7-11-15)14-16-13(17-18-14)12-8-4-2-5-9-12/h2,4-5,8-9H,3,6-7,10-11H2,1H3,(H,16,17,18). The molecule has 3 rings (SSSR count). The summed E-state index contributed by atoms with van der Waals surface area (Å²) in [7, 11) is 0. The van der Waals surface area contributed by atoms with E-state index in [2.05, 4.69) is 29.3 Å². The zero-order valence-electron chi connectivity index (χ0n) is 10.8. The van der Waals surface area contributed by atoms with Crippen molar-refractivity contribution in [2.24, 2.45) is 0 Å². The number of hydrogen-bond acceptors (Lipinski definition) is 2. The van der Waals surface area contributed by atoms with E-state index in [1.165, 1.54) is 32.1 Å². The first-order valence-corrected chi connectivity index (χ1v) is 6.76. The van der Waals surface area contributed by atoms with E-state index in [1.54, 1.807) is 0 Å². The number of aromatic amines is 1. The third-order valence-electron chi connectivity index (χ3n) is 4.05. The van der Waals surface area contributed by atoms with Gasteiger partial charge in [0.2, 0.25) is 0 Å². The second kappa shape index (κ2) is 4.56. The summed E-state index contributed by atoms with van der Waals surface area (Å²) in [6, 6.07) is 10.2. The zero-order chi connectivity index (χ0) is 12.4. The molecule has 3 nitrogen and oxygen atoms in total. The lowest BCUT2D eigenvalue weighted by Gasteiger charge is -2.30. The van der Waals surface area contributed by atoms with Gasteiger partial charge in [0.1, 0.15) is 5.82 Å². The van der Waals surface area contributed by atoms with Crippen LogP contribution in [0.4, 0.5) is 0 Å². The highest BCUT2D eigenvalue weighted by molar-refractivity contribution is 5.54. The fraction of sp³-hybridized carbons (Fsp3) is 0.467. The van der Waals surface area contributed by atoms with E-state index in [-0.39, 0.29) is 5.41 Å². The Morgan fingerprint density at radius 3 is 2.50 bits per heavy atom. The third-order valence-corrected chi connectivity index (χ3v) is 4.05. The summed E-state index contributed by atoms with van der Waals surface area (Å²) >= 11 is 0. The SMILES string of the molecule is CC1(c2nc(-c3ccccc3)n[nH]2)CCCCC1. The predicted octanol–water partition coefficient (Wildman–Crippen LogP) is 3.69. The van der Waals surface area contributed by atoms with Crippen molar-refractivity contribution in [1.82, 2.24) is 15.2 Å². The Kier molecular flexibility index (Phi) is 2.90. The summed E-state index contributed by atoms with van der Waals surface area (Å²) < 4.78 is 0. The Bertz CT molecular complexity index is 510. The molecule has 1 aromatic heterocycles. The molecule has 1 saturated carbocycles. The topological polar surface area (TPSA) is 41.6 Å². The molecule has 2 aromatic rings. The normalized spacial score (nSPS) is 18.7. The average molecular weight is 241 g/mol. The summed E-state index contributed by atoms with van der Waals surface area (Å²) in [6.45, 7) is 2.31. The van der Waals surface area contributed by atoms with E-state index in [1.807, 2.05) is 18.2 Å². The highest BCUT2D eigenvalue weighted by Crippen LogP contribution is 2.37. The quantitative estimate of drug-likeness (QED) is 0.871. The lowest BCUT2D eigenvalue weighted by Crippen LogP contribution is -2.26. The van der Waals surface area contributed by atoms with Gasteiger partial charge in [-0.2, -0.15) is 5.10 Å². The number of nitrogens with zero attached hydrogens (tertiary/aromatic N) is 2. The molecule has 0 spiro atoms. The van der Waals surface area contributed by atoms with Gasteiger partial charge in [-0.3, -0.25) is 5.10 Å². The molecule has 94 valence electrons. The van der Waals surface area contributed by atoms with E-state index in [0.717, 1.165) is 17.2 Å². The van der Waals surface area contributed by atoms with Crippen LogP contribution >= 0.6 is 0 Å². The van der Waals surface area contributed by atoms with Crippen LogP contribution in [0.25, 0.3) is 11.4 Å². The van der Waals surface area contributed by atoms with Crippen molar-refractivity contribution in [3.05, 3.63) is 36.2 Å². The molecule has 1 fully saturated rings. The first kappa shape index (κ1) is 11.5. The molecule has 1 heterocycles. The van der Waals surface area contributed by atoms with Crippen LogP contribution in [0.5, 0.6) is 0 Å². The minimum Gasteiger partial charge on any atom is -0.262 e. The van der Waals surface area contributed by atoms with E-state index < -0.39 is 0 Å². The molecule has 0 atom stereocenters. The van der Waals surface area contributed by atoms with Crippen molar-refractivity contribution in [3.8, 4) is 11.4 Å². The van der Waals surface area contributed by atoms with Crippen molar-refractivity contribution in [1.29, 1.82) is 0 Å². The molecule has 3 heteroatoms. The van der Waals surface area contributed by atoms with Crippen LogP contribution in [0.2, 0.25) is 0 Å². The second-order valence-electron chi connectivity index (χ2n) is 5.49. The monoisotopic (exact) mass is 241 g/mol. The maximum absolute atomic E-state index is 4.71. The predicted molar refractivity (Wildman–Crippen MR) is 72.3 cm³/mol. The van der Waals surface area contributed by atoms with Gasteiger partial charge in [0.25, 0.3) is 0 Å². The van der Waals surface area contributed by atoms with Crippen molar-refractivity contribution in [2.45, 2.75) is 44.4 Å². The van der Waals surface area contributed by atoms with Crippen molar-refractivity contribution in [3.63, 3.8) is 0 Å². The van der Waals surface area contributed by atoms with Gasteiger partial charge in [0, 0.05) is 11.0 Å². The Morgan fingerprint density at radius 1 is 1.06 bits per heavy atom. The molecule has 0 unspecified atom stereocenters. The number of H-pyrrole nitrogens is 1. The molecule has 0 saturated heterocycles. The maximum Gasteiger partial charge on any atom is 0.181 e. The first-order valence-electron chi connectivity index (χ1n) is 6.76. The molecule has 0 amide bonds. The van der Waals surface area contributed by atoms with Gasteiger partial charge >= 0.3 is 0 Å². The fourth-order valence-corrected chi connectivity index (χ4v) is 2.82.